The molecule has 1 aliphatic carbocycles. The Labute approximate surface area is 220 Å². The van der Waals surface area contributed by atoms with Gasteiger partial charge in [-0.2, -0.15) is 4.39 Å². The van der Waals surface area contributed by atoms with Gasteiger partial charge in [0.15, 0.2) is 0 Å². The molecule has 7 rings (SSSR count). The van der Waals surface area contributed by atoms with E-state index in [1.165, 1.54) is 31.4 Å². The average Bonchev–Trinajstić information content (AvgIpc) is 3.75. The number of nitrogens with one attached hydrogen (secondary N) is 2. The van der Waals surface area contributed by atoms with Gasteiger partial charge in [0.25, 0.3) is 5.56 Å². The quantitative estimate of drug-likeness (QED) is 0.388. The molecule has 2 aliphatic heterocycles. The first kappa shape index (κ1) is 23.3. The molecule has 4 aromatic rings. The topological polar surface area (TPSA) is 77.1 Å². The van der Waals surface area contributed by atoms with Crippen molar-refractivity contribution >= 4 is 22.4 Å². The second-order valence-electron chi connectivity index (χ2n) is 10.8. The van der Waals surface area contributed by atoms with Gasteiger partial charge in [-0.05, 0) is 78.6 Å². The lowest BCUT2D eigenvalue weighted by molar-refractivity contribution is 0.248. The largest absolute Gasteiger partial charge is 0.369 e. The van der Waals surface area contributed by atoms with Crippen LogP contribution in [0.5, 0.6) is 0 Å². The van der Waals surface area contributed by atoms with Gasteiger partial charge in [-0.3, -0.25) is 9.69 Å². The Balaban J connectivity index is 1.21. The highest BCUT2D eigenvalue weighted by atomic mass is 19.1. The highest BCUT2D eigenvalue weighted by Gasteiger charge is 2.26. The van der Waals surface area contributed by atoms with Gasteiger partial charge >= 0.3 is 0 Å². The van der Waals surface area contributed by atoms with Crippen LogP contribution in [0.2, 0.25) is 0 Å². The number of hydrogen-bond acceptors (Lipinski definition) is 6. The standard InChI is InChI=1S/C30H31FN6O/c31-28-24(20-5-7-22(8-6-20)37-12-10-36(11-13-37)17-19-3-4-19)15-25-23-16-27-26(30(38)34-18-33-27)14-21(23)2-1-9-32-29(25)35-28/h5-8,14-16,18-19H,1-4,9-13,17H2,(H,32,35)(H,33,34,38). The summed E-state index contributed by atoms with van der Waals surface area (Å²) in [5, 5.41) is 3.88. The number of H-pyrrole nitrogens is 1. The zero-order valence-corrected chi connectivity index (χ0v) is 21.3. The second kappa shape index (κ2) is 9.51. The van der Waals surface area contributed by atoms with E-state index in [0.717, 1.165) is 67.2 Å². The van der Waals surface area contributed by atoms with E-state index in [-0.39, 0.29) is 5.56 Å². The predicted octanol–water partition coefficient (Wildman–Crippen LogP) is 4.68. The van der Waals surface area contributed by atoms with E-state index < -0.39 is 5.95 Å². The summed E-state index contributed by atoms with van der Waals surface area (Å²) in [6, 6.07) is 13.9. The van der Waals surface area contributed by atoms with Gasteiger partial charge in [0.1, 0.15) is 5.82 Å². The lowest BCUT2D eigenvalue weighted by Gasteiger charge is -2.36. The molecule has 0 amide bonds. The molecule has 38 heavy (non-hydrogen) atoms. The Kier molecular flexibility index (Phi) is 5.84. The molecule has 8 heteroatoms. The maximum Gasteiger partial charge on any atom is 0.258 e. The summed E-state index contributed by atoms with van der Waals surface area (Å²) in [6.07, 6.45) is 5.87. The minimum Gasteiger partial charge on any atom is -0.369 e. The van der Waals surface area contributed by atoms with Crippen molar-refractivity contribution in [3.05, 3.63) is 70.7 Å². The van der Waals surface area contributed by atoms with Crippen LogP contribution in [0.3, 0.4) is 0 Å². The molecule has 2 N–H and O–H groups in total. The van der Waals surface area contributed by atoms with Crippen molar-refractivity contribution < 1.29 is 4.39 Å². The fourth-order valence-corrected chi connectivity index (χ4v) is 5.84. The molecular formula is C30H31FN6O. The van der Waals surface area contributed by atoms with Crippen LogP contribution in [-0.2, 0) is 6.42 Å². The Bertz CT molecular complexity index is 1550. The molecule has 194 valence electrons. The zero-order valence-electron chi connectivity index (χ0n) is 21.3. The van der Waals surface area contributed by atoms with Crippen molar-refractivity contribution in [2.45, 2.75) is 25.7 Å². The van der Waals surface area contributed by atoms with Gasteiger partial charge in [0.2, 0.25) is 5.95 Å². The van der Waals surface area contributed by atoms with Crippen LogP contribution in [0.25, 0.3) is 33.2 Å². The third kappa shape index (κ3) is 4.43. The first-order valence-electron chi connectivity index (χ1n) is 13.7. The molecule has 1 saturated carbocycles. The van der Waals surface area contributed by atoms with Gasteiger partial charge in [0, 0.05) is 56.1 Å². The van der Waals surface area contributed by atoms with Crippen LogP contribution in [0.1, 0.15) is 24.8 Å². The maximum absolute atomic E-state index is 15.4. The molecule has 0 radical (unpaired) electrons. The summed E-state index contributed by atoms with van der Waals surface area (Å²) < 4.78 is 15.4. The molecule has 4 heterocycles. The lowest BCUT2D eigenvalue weighted by Crippen LogP contribution is -2.47. The smallest absolute Gasteiger partial charge is 0.258 e. The van der Waals surface area contributed by atoms with Crippen LogP contribution in [0.15, 0.2) is 53.6 Å². The fourth-order valence-electron chi connectivity index (χ4n) is 5.84. The summed E-state index contributed by atoms with van der Waals surface area (Å²) in [5.74, 6) is 0.960. The van der Waals surface area contributed by atoms with Crippen molar-refractivity contribution in [1.82, 2.24) is 19.9 Å². The van der Waals surface area contributed by atoms with Gasteiger partial charge in [-0.25, -0.2) is 9.97 Å². The molecule has 2 fully saturated rings. The molecule has 3 aliphatic rings. The van der Waals surface area contributed by atoms with Gasteiger partial charge in [-0.1, -0.05) is 12.1 Å². The number of fused-ring (bicyclic) bond motifs is 4. The van der Waals surface area contributed by atoms with E-state index in [4.69, 9.17) is 0 Å². The average molecular weight is 511 g/mol. The first-order valence-corrected chi connectivity index (χ1v) is 13.7. The van der Waals surface area contributed by atoms with Crippen LogP contribution < -0.4 is 15.8 Å². The first-order chi connectivity index (χ1) is 18.6. The lowest BCUT2D eigenvalue weighted by atomic mass is 9.92. The number of piperazine rings is 1. The van der Waals surface area contributed by atoms with E-state index >= 15 is 4.39 Å². The Morgan fingerprint density at radius 1 is 0.974 bits per heavy atom. The van der Waals surface area contributed by atoms with Crippen LogP contribution >= 0.6 is 0 Å². The van der Waals surface area contributed by atoms with Gasteiger partial charge in [0.05, 0.1) is 17.2 Å². The normalized spacial score (nSPS) is 17.9. The molecule has 2 aromatic carbocycles. The van der Waals surface area contributed by atoms with E-state index in [1.54, 1.807) is 0 Å². The highest BCUT2D eigenvalue weighted by Crippen LogP contribution is 2.38. The van der Waals surface area contributed by atoms with Crippen molar-refractivity contribution in [2.24, 2.45) is 5.92 Å². The number of benzene rings is 2. The Morgan fingerprint density at radius 2 is 1.79 bits per heavy atom. The Morgan fingerprint density at radius 3 is 2.58 bits per heavy atom. The number of aryl methyl sites for hydroxylation is 1. The van der Waals surface area contributed by atoms with Crippen molar-refractivity contribution in [3.8, 4) is 22.3 Å². The summed E-state index contributed by atoms with van der Waals surface area (Å²) in [4.78, 5) is 28.8. The number of aromatic amines is 1. The molecule has 0 unspecified atom stereocenters. The third-order valence-corrected chi connectivity index (χ3v) is 8.18. The molecule has 0 spiro atoms. The SMILES string of the molecule is O=c1[nH]cnc2cc3c(cc12)CCCNc1nc(F)c(-c2ccc(N4CCN(CC5CC5)CC4)cc2)cc1-3. The minimum atomic E-state index is -0.491. The van der Waals surface area contributed by atoms with E-state index in [2.05, 4.69) is 42.2 Å². The van der Waals surface area contributed by atoms with Crippen molar-refractivity contribution in [1.29, 1.82) is 0 Å². The molecule has 2 aromatic heterocycles. The maximum atomic E-state index is 15.4. The number of pyridine rings is 1. The molecule has 0 bridgehead atoms. The molecule has 0 atom stereocenters. The summed E-state index contributed by atoms with van der Waals surface area (Å²) in [5.41, 5.74) is 5.73. The van der Waals surface area contributed by atoms with E-state index in [0.29, 0.717) is 28.8 Å². The number of nitrogens with zero attached hydrogens (tertiary/aromatic N) is 4. The minimum absolute atomic E-state index is 0.152. The third-order valence-electron chi connectivity index (χ3n) is 8.18. The molecule has 7 nitrogen and oxygen atoms in total. The number of rotatable bonds is 4. The highest BCUT2D eigenvalue weighted by molar-refractivity contribution is 5.90. The van der Waals surface area contributed by atoms with Crippen LogP contribution in [0.4, 0.5) is 15.9 Å². The van der Waals surface area contributed by atoms with E-state index in [1.807, 2.05) is 30.3 Å². The summed E-state index contributed by atoms with van der Waals surface area (Å²) in [6.45, 7) is 6.18. The molecular weight excluding hydrogens is 479 g/mol. The number of anilines is 2. The Hall–Kier alpha value is -3.78. The number of hydrogen-bond donors (Lipinski definition) is 2. The van der Waals surface area contributed by atoms with Crippen molar-refractivity contribution in [2.75, 3.05) is 49.5 Å². The molecule has 1 saturated heterocycles. The van der Waals surface area contributed by atoms with Crippen molar-refractivity contribution in [3.63, 3.8) is 0 Å². The number of aromatic nitrogens is 3. The van der Waals surface area contributed by atoms with Gasteiger partial charge < -0.3 is 15.2 Å². The predicted molar refractivity (Wildman–Crippen MR) is 149 cm³/mol. The zero-order chi connectivity index (χ0) is 25.6. The monoisotopic (exact) mass is 510 g/mol. The van der Waals surface area contributed by atoms with E-state index in [9.17, 15) is 4.79 Å². The van der Waals surface area contributed by atoms with Crippen LogP contribution in [0, 0.1) is 11.9 Å². The summed E-state index contributed by atoms with van der Waals surface area (Å²) >= 11 is 0. The van der Waals surface area contributed by atoms with Gasteiger partial charge in [-0.15, -0.1) is 0 Å². The fraction of sp³-hybridized carbons (Fsp3) is 0.367. The second-order valence-corrected chi connectivity index (χ2v) is 10.8. The number of halogens is 1. The summed E-state index contributed by atoms with van der Waals surface area (Å²) in [7, 11) is 0. The van der Waals surface area contributed by atoms with Crippen LogP contribution in [-0.4, -0.2) is 59.1 Å².